The monoisotopic (exact) mass is 360 g/mol. The van der Waals surface area contributed by atoms with Gasteiger partial charge in [0, 0.05) is 23.3 Å². The Morgan fingerprint density at radius 1 is 1.36 bits per heavy atom. The Kier molecular flexibility index (Phi) is 5.99. The van der Waals surface area contributed by atoms with E-state index in [2.05, 4.69) is 15.7 Å². The lowest BCUT2D eigenvalue weighted by molar-refractivity contribution is 0.586. The molecule has 0 aliphatic rings. The predicted molar refractivity (Wildman–Crippen MR) is 92.3 cm³/mol. The first kappa shape index (κ1) is 17.0. The smallest absolute Gasteiger partial charge is 0.173 e. The molecular formula is C14H15Cl2FN4S. The van der Waals surface area contributed by atoms with Gasteiger partial charge in [0.2, 0.25) is 0 Å². The molecule has 22 heavy (non-hydrogen) atoms. The van der Waals surface area contributed by atoms with Crippen LogP contribution in [0, 0.1) is 5.82 Å². The first-order valence-electron chi connectivity index (χ1n) is 6.72. The molecular weight excluding hydrogens is 346 g/mol. The van der Waals surface area contributed by atoms with Crippen molar-refractivity contribution in [3.05, 3.63) is 45.8 Å². The Morgan fingerprint density at radius 2 is 2.14 bits per heavy atom. The fourth-order valence-electron chi connectivity index (χ4n) is 1.80. The minimum absolute atomic E-state index is 0.183. The second-order valence-corrected chi connectivity index (χ2v) is 5.83. The molecule has 0 amide bonds. The van der Waals surface area contributed by atoms with Crippen LogP contribution in [0.5, 0.6) is 0 Å². The van der Waals surface area contributed by atoms with E-state index in [4.69, 9.17) is 35.4 Å². The number of nitrogens with one attached hydrogen (secondary N) is 2. The summed E-state index contributed by atoms with van der Waals surface area (Å²) < 4.78 is 15.3. The van der Waals surface area contributed by atoms with Gasteiger partial charge in [0.25, 0.3) is 0 Å². The van der Waals surface area contributed by atoms with Gasteiger partial charge in [-0.05, 0) is 30.8 Å². The molecule has 0 radical (unpaired) electrons. The van der Waals surface area contributed by atoms with Crippen molar-refractivity contribution in [3.63, 3.8) is 0 Å². The molecule has 1 aromatic carbocycles. The summed E-state index contributed by atoms with van der Waals surface area (Å²) in [6.45, 7) is 2.98. The third-order valence-electron chi connectivity index (χ3n) is 2.87. The molecule has 1 aromatic heterocycles. The van der Waals surface area contributed by atoms with Gasteiger partial charge in [0.1, 0.15) is 10.8 Å². The molecule has 8 heteroatoms. The summed E-state index contributed by atoms with van der Waals surface area (Å²) in [6.07, 6.45) is 2.55. The number of nitrogens with zero attached hydrogens (tertiary/aromatic N) is 2. The average Bonchev–Trinajstić information content (AvgIpc) is 2.81. The number of anilines is 1. The van der Waals surface area contributed by atoms with Gasteiger partial charge >= 0.3 is 0 Å². The Balaban J connectivity index is 2.11. The van der Waals surface area contributed by atoms with Gasteiger partial charge in [-0.25, -0.2) is 4.39 Å². The quantitative estimate of drug-likeness (QED) is 0.788. The lowest BCUT2D eigenvalue weighted by Gasteiger charge is -2.08. The zero-order valence-electron chi connectivity index (χ0n) is 11.9. The highest BCUT2D eigenvalue weighted by molar-refractivity contribution is 7.80. The van der Waals surface area contributed by atoms with Gasteiger partial charge in [-0.3, -0.25) is 4.68 Å². The van der Waals surface area contributed by atoms with Crippen molar-refractivity contribution in [2.75, 3.05) is 11.9 Å². The number of thiocarbonyl (C=S) groups is 1. The van der Waals surface area contributed by atoms with E-state index in [0.717, 1.165) is 13.0 Å². The standard InChI is InChI=1S/C14H15Cl2FN4S/c1-2-6-18-14(22)19-13-11(16)8-21(20-13)7-9-10(15)4-3-5-12(9)17/h3-5,8H,2,6-7H2,1H3,(H2,18,19,20,22). The summed E-state index contributed by atoms with van der Waals surface area (Å²) in [4.78, 5) is 0. The second kappa shape index (κ2) is 7.76. The molecule has 0 unspecified atom stereocenters. The highest BCUT2D eigenvalue weighted by Gasteiger charge is 2.12. The summed E-state index contributed by atoms with van der Waals surface area (Å²) in [5.41, 5.74) is 0.363. The first-order valence-corrected chi connectivity index (χ1v) is 7.88. The maximum absolute atomic E-state index is 13.8. The Labute approximate surface area is 143 Å². The van der Waals surface area contributed by atoms with Crippen molar-refractivity contribution in [1.29, 1.82) is 0 Å². The Morgan fingerprint density at radius 3 is 2.82 bits per heavy atom. The van der Waals surface area contributed by atoms with E-state index in [-0.39, 0.29) is 12.4 Å². The highest BCUT2D eigenvalue weighted by Crippen LogP contribution is 2.23. The number of hydrogen-bond donors (Lipinski definition) is 2. The topological polar surface area (TPSA) is 41.9 Å². The largest absolute Gasteiger partial charge is 0.362 e. The second-order valence-electron chi connectivity index (χ2n) is 4.60. The van der Waals surface area contributed by atoms with Gasteiger partial charge in [-0.1, -0.05) is 36.2 Å². The van der Waals surface area contributed by atoms with Crippen molar-refractivity contribution < 1.29 is 4.39 Å². The Bertz CT molecular complexity index is 655. The van der Waals surface area contributed by atoms with Crippen LogP contribution < -0.4 is 10.6 Å². The fraction of sp³-hybridized carbons (Fsp3) is 0.286. The number of aromatic nitrogens is 2. The molecule has 0 fully saturated rings. The number of hydrogen-bond acceptors (Lipinski definition) is 2. The third kappa shape index (κ3) is 4.32. The van der Waals surface area contributed by atoms with E-state index in [1.807, 2.05) is 6.92 Å². The van der Waals surface area contributed by atoms with E-state index in [0.29, 0.717) is 26.5 Å². The van der Waals surface area contributed by atoms with Crippen LogP contribution in [0.15, 0.2) is 24.4 Å². The lowest BCUT2D eigenvalue weighted by atomic mass is 10.2. The molecule has 0 aliphatic carbocycles. The van der Waals surface area contributed by atoms with Gasteiger partial charge in [-0.15, -0.1) is 0 Å². The van der Waals surface area contributed by atoms with Crippen molar-refractivity contribution in [2.24, 2.45) is 0 Å². The van der Waals surface area contributed by atoms with Crippen molar-refractivity contribution in [2.45, 2.75) is 19.9 Å². The maximum atomic E-state index is 13.8. The summed E-state index contributed by atoms with van der Waals surface area (Å²) >= 11 is 17.2. The summed E-state index contributed by atoms with van der Waals surface area (Å²) in [7, 11) is 0. The normalized spacial score (nSPS) is 10.5. The van der Waals surface area contributed by atoms with Gasteiger partial charge in [0.15, 0.2) is 10.9 Å². The zero-order chi connectivity index (χ0) is 16.1. The molecule has 2 aromatic rings. The van der Waals surface area contributed by atoms with Crippen LogP contribution in [0.25, 0.3) is 0 Å². The van der Waals surface area contributed by atoms with Crippen LogP contribution in [0.3, 0.4) is 0 Å². The SMILES string of the molecule is CCCNC(=S)Nc1nn(Cc2c(F)cccc2Cl)cc1Cl. The number of rotatable bonds is 5. The summed E-state index contributed by atoms with van der Waals surface area (Å²) in [5, 5.41) is 11.4. The van der Waals surface area contributed by atoms with Gasteiger partial charge in [0.05, 0.1) is 6.54 Å². The average molecular weight is 361 g/mol. The van der Waals surface area contributed by atoms with Gasteiger partial charge in [-0.2, -0.15) is 5.10 Å². The van der Waals surface area contributed by atoms with Crippen molar-refractivity contribution >= 4 is 46.4 Å². The fourth-order valence-corrected chi connectivity index (χ4v) is 2.42. The van der Waals surface area contributed by atoms with Crippen LogP contribution in [-0.4, -0.2) is 21.4 Å². The van der Waals surface area contributed by atoms with Crippen LogP contribution in [0.2, 0.25) is 10.0 Å². The van der Waals surface area contributed by atoms with E-state index < -0.39 is 0 Å². The van der Waals surface area contributed by atoms with Crippen LogP contribution >= 0.6 is 35.4 Å². The van der Waals surface area contributed by atoms with Crippen molar-refractivity contribution in [3.8, 4) is 0 Å². The predicted octanol–water partition coefficient (Wildman–Crippen LogP) is 4.07. The highest BCUT2D eigenvalue weighted by atomic mass is 35.5. The first-order chi connectivity index (χ1) is 10.5. The lowest BCUT2D eigenvalue weighted by Crippen LogP contribution is -2.29. The molecule has 4 nitrogen and oxygen atoms in total. The molecule has 0 bridgehead atoms. The number of halogens is 3. The molecule has 2 N–H and O–H groups in total. The van der Waals surface area contributed by atoms with Crippen LogP contribution in [0.1, 0.15) is 18.9 Å². The molecule has 0 atom stereocenters. The molecule has 118 valence electrons. The molecule has 0 spiro atoms. The molecule has 2 rings (SSSR count). The van der Waals surface area contributed by atoms with E-state index in [1.165, 1.54) is 10.7 Å². The molecule has 1 heterocycles. The summed E-state index contributed by atoms with van der Waals surface area (Å²) in [5.74, 6) is 0.0384. The van der Waals surface area contributed by atoms with Crippen molar-refractivity contribution in [1.82, 2.24) is 15.1 Å². The minimum Gasteiger partial charge on any atom is -0.362 e. The van der Waals surface area contributed by atoms with E-state index in [1.54, 1.807) is 18.3 Å². The third-order valence-corrected chi connectivity index (χ3v) is 3.74. The molecule has 0 saturated heterocycles. The van der Waals surface area contributed by atoms with Gasteiger partial charge < -0.3 is 10.6 Å². The zero-order valence-corrected chi connectivity index (χ0v) is 14.2. The molecule has 0 saturated carbocycles. The van der Waals surface area contributed by atoms with E-state index in [9.17, 15) is 4.39 Å². The van der Waals surface area contributed by atoms with Crippen LogP contribution in [0.4, 0.5) is 10.2 Å². The maximum Gasteiger partial charge on any atom is 0.173 e. The Hall–Kier alpha value is -1.37. The number of benzene rings is 1. The summed E-state index contributed by atoms with van der Waals surface area (Å²) in [6, 6.07) is 4.55. The van der Waals surface area contributed by atoms with E-state index >= 15 is 0 Å². The van der Waals surface area contributed by atoms with Crippen LogP contribution in [-0.2, 0) is 6.54 Å². The molecule has 0 aliphatic heterocycles. The minimum atomic E-state index is -0.381.